The van der Waals surface area contributed by atoms with Crippen LogP contribution in [0.2, 0.25) is 0 Å². The molecule has 192 valence electrons. The minimum absolute atomic E-state index is 0.0384. The van der Waals surface area contributed by atoms with Crippen molar-refractivity contribution in [2.75, 3.05) is 31.3 Å². The van der Waals surface area contributed by atoms with E-state index in [4.69, 9.17) is 14.2 Å². The zero-order valence-electron chi connectivity index (χ0n) is 21.1. The lowest BCUT2D eigenvalue weighted by atomic mass is 9.98. The number of hydrogen-bond donors (Lipinski definition) is 0. The van der Waals surface area contributed by atoms with Gasteiger partial charge in [-0.15, -0.1) is 0 Å². The predicted octanol–water partition coefficient (Wildman–Crippen LogP) is 5.57. The molecule has 3 aromatic carbocycles. The topological polar surface area (TPSA) is 82.1 Å². The summed E-state index contributed by atoms with van der Waals surface area (Å²) in [5, 5.41) is 0. The summed E-state index contributed by atoms with van der Waals surface area (Å²) in [5.74, 6) is -2.55. The third-order valence-corrected chi connectivity index (χ3v) is 6.41. The van der Waals surface area contributed by atoms with Crippen molar-refractivity contribution >= 4 is 23.7 Å². The van der Waals surface area contributed by atoms with Gasteiger partial charge in [0.25, 0.3) is 0 Å². The first kappa shape index (κ1) is 25.9. The molecule has 37 heavy (non-hydrogen) atoms. The number of amides is 1. The third-order valence-electron chi connectivity index (χ3n) is 6.41. The Labute approximate surface area is 217 Å². The van der Waals surface area contributed by atoms with E-state index in [-0.39, 0.29) is 38.7 Å². The molecule has 1 amide bonds. The molecule has 0 fully saturated rings. The van der Waals surface area contributed by atoms with E-state index in [2.05, 4.69) is 24.3 Å². The van der Waals surface area contributed by atoms with E-state index in [1.807, 2.05) is 42.5 Å². The lowest BCUT2D eigenvalue weighted by Crippen LogP contribution is -2.37. The number of benzene rings is 3. The summed E-state index contributed by atoms with van der Waals surface area (Å²) >= 11 is 0. The molecule has 1 aliphatic carbocycles. The summed E-state index contributed by atoms with van der Waals surface area (Å²) < 4.78 is 16.0. The quantitative estimate of drug-likeness (QED) is 0.205. The molecule has 0 unspecified atom stereocenters. The Morgan fingerprint density at radius 1 is 0.730 bits per heavy atom. The molecule has 7 nitrogen and oxygen atoms in total. The van der Waals surface area contributed by atoms with E-state index >= 15 is 0 Å². The first-order chi connectivity index (χ1) is 18.0. The standard InChI is InChI=1S/C30H31NO6/c1-3-35-28(32)26(29(33)36-4-2)18-19-31(21-12-6-5-7-13-21)30(34)37-20-27-24-16-10-8-14-22(24)23-15-9-11-17-25(23)27/h5-17,26-27H,3-4,18-20H2,1-2H3. The number of para-hydroxylation sites is 1. The normalized spacial score (nSPS) is 12.0. The highest BCUT2D eigenvalue weighted by atomic mass is 16.6. The van der Waals surface area contributed by atoms with Crippen molar-refractivity contribution in [2.45, 2.75) is 26.2 Å². The van der Waals surface area contributed by atoms with Crippen molar-refractivity contribution in [1.29, 1.82) is 0 Å². The van der Waals surface area contributed by atoms with E-state index in [1.54, 1.807) is 26.0 Å². The molecular weight excluding hydrogens is 470 g/mol. The summed E-state index contributed by atoms with van der Waals surface area (Å²) in [6, 6.07) is 25.3. The van der Waals surface area contributed by atoms with Crippen molar-refractivity contribution in [3.05, 3.63) is 90.0 Å². The van der Waals surface area contributed by atoms with Crippen molar-refractivity contribution in [1.82, 2.24) is 0 Å². The van der Waals surface area contributed by atoms with Gasteiger partial charge in [-0.25, -0.2) is 4.79 Å². The molecule has 0 bridgehead atoms. The Morgan fingerprint density at radius 2 is 1.24 bits per heavy atom. The molecule has 7 heteroatoms. The van der Waals surface area contributed by atoms with E-state index < -0.39 is 23.9 Å². The maximum absolute atomic E-state index is 13.4. The SMILES string of the molecule is CCOC(=O)C(CCN(C(=O)OCC1c2ccccc2-c2ccccc21)c1ccccc1)C(=O)OCC. The van der Waals surface area contributed by atoms with Crippen LogP contribution in [0.5, 0.6) is 0 Å². The minimum Gasteiger partial charge on any atom is -0.465 e. The van der Waals surface area contributed by atoms with Gasteiger partial charge in [0.1, 0.15) is 6.61 Å². The molecule has 0 saturated heterocycles. The van der Waals surface area contributed by atoms with Crippen LogP contribution in [-0.2, 0) is 23.8 Å². The monoisotopic (exact) mass is 501 g/mol. The van der Waals surface area contributed by atoms with Gasteiger partial charge >= 0.3 is 18.0 Å². The number of carbonyl (C=O) groups excluding carboxylic acids is 3. The number of anilines is 1. The predicted molar refractivity (Wildman–Crippen MR) is 140 cm³/mol. The van der Waals surface area contributed by atoms with Crippen LogP contribution in [0.25, 0.3) is 11.1 Å². The highest BCUT2D eigenvalue weighted by molar-refractivity contribution is 5.95. The minimum atomic E-state index is -1.13. The Balaban J connectivity index is 1.52. The highest BCUT2D eigenvalue weighted by Gasteiger charge is 2.33. The molecule has 0 atom stereocenters. The number of carbonyl (C=O) groups is 3. The maximum Gasteiger partial charge on any atom is 0.414 e. The van der Waals surface area contributed by atoms with E-state index in [1.165, 1.54) is 4.90 Å². The summed E-state index contributed by atoms with van der Waals surface area (Å²) in [7, 11) is 0. The molecule has 0 radical (unpaired) electrons. The second-order valence-corrected chi connectivity index (χ2v) is 8.64. The Kier molecular flexibility index (Phi) is 8.56. The molecule has 0 spiro atoms. The first-order valence-electron chi connectivity index (χ1n) is 12.6. The van der Waals surface area contributed by atoms with Crippen LogP contribution in [0.4, 0.5) is 10.5 Å². The van der Waals surface area contributed by atoms with Gasteiger partial charge in [-0.1, -0.05) is 66.7 Å². The van der Waals surface area contributed by atoms with Crippen LogP contribution in [0.15, 0.2) is 78.9 Å². The number of rotatable bonds is 10. The Bertz CT molecular complexity index is 1180. The number of ether oxygens (including phenoxy) is 3. The summed E-state index contributed by atoms with van der Waals surface area (Å²) in [4.78, 5) is 39.8. The smallest absolute Gasteiger partial charge is 0.414 e. The van der Waals surface area contributed by atoms with Crippen molar-refractivity contribution in [3.8, 4) is 11.1 Å². The molecule has 0 aliphatic heterocycles. The van der Waals surface area contributed by atoms with Crippen LogP contribution in [0.1, 0.15) is 37.3 Å². The molecular formula is C30H31NO6. The Hall–Kier alpha value is -4.13. The number of esters is 2. The largest absolute Gasteiger partial charge is 0.465 e. The van der Waals surface area contributed by atoms with E-state index in [9.17, 15) is 14.4 Å². The maximum atomic E-state index is 13.4. The van der Waals surface area contributed by atoms with Gasteiger partial charge in [0.05, 0.1) is 13.2 Å². The number of fused-ring (bicyclic) bond motifs is 3. The number of nitrogens with zero attached hydrogens (tertiary/aromatic N) is 1. The summed E-state index contributed by atoms with van der Waals surface area (Å²) in [6.07, 6.45) is -0.518. The first-order valence-corrected chi connectivity index (χ1v) is 12.6. The zero-order chi connectivity index (χ0) is 26.2. The van der Waals surface area contributed by atoms with Gasteiger partial charge in [0.2, 0.25) is 0 Å². The second kappa shape index (κ2) is 12.2. The fourth-order valence-electron chi connectivity index (χ4n) is 4.68. The van der Waals surface area contributed by atoms with Crippen LogP contribution in [0, 0.1) is 5.92 Å². The van der Waals surface area contributed by atoms with Gasteiger partial charge in [0.15, 0.2) is 5.92 Å². The molecule has 0 aromatic heterocycles. The molecule has 0 N–H and O–H groups in total. The van der Waals surface area contributed by atoms with E-state index in [0.717, 1.165) is 22.3 Å². The van der Waals surface area contributed by atoms with Crippen LogP contribution in [0.3, 0.4) is 0 Å². The fourth-order valence-corrected chi connectivity index (χ4v) is 4.68. The van der Waals surface area contributed by atoms with Gasteiger partial charge in [0, 0.05) is 18.2 Å². The average molecular weight is 502 g/mol. The summed E-state index contributed by atoms with van der Waals surface area (Å²) in [5.41, 5.74) is 5.13. The third kappa shape index (κ3) is 5.82. The van der Waals surface area contributed by atoms with Crippen molar-refractivity contribution in [2.24, 2.45) is 5.92 Å². The lowest BCUT2D eigenvalue weighted by molar-refractivity contribution is -0.161. The molecule has 1 aliphatic rings. The highest BCUT2D eigenvalue weighted by Crippen LogP contribution is 2.44. The van der Waals surface area contributed by atoms with Gasteiger partial charge in [-0.05, 0) is 54.7 Å². The lowest BCUT2D eigenvalue weighted by Gasteiger charge is -2.25. The van der Waals surface area contributed by atoms with Gasteiger partial charge in [-0.2, -0.15) is 0 Å². The van der Waals surface area contributed by atoms with Gasteiger partial charge < -0.3 is 14.2 Å². The number of hydrogen-bond acceptors (Lipinski definition) is 6. The van der Waals surface area contributed by atoms with Crippen LogP contribution < -0.4 is 4.90 Å². The summed E-state index contributed by atoms with van der Waals surface area (Å²) in [6.45, 7) is 3.87. The Morgan fingerprint density at radius 3 is 1.78 bits per heavy atom. The molecule has 3 aromatic rings. The van der Waals surface area contributed by atoms with Crippen LogP contribution in [-0.4, -0.2) is 44.4 Å². The zero-order valence-corrected chi connectivity index (χ0v) is 21.1. The van der Waals surface area contributed by atoms with Gasteiger partial charge in [-0.3, -0.25) is 14.5 Å². The molecule has 4 rings (SSSR count). The molecule has 0 saturated carbocycles. The molecule has 0 heterocycles. The second-order valence-electron chi connectivity index (χ2n) is 8.64. The van der Waals surface area contributed by atoms with Crippen LogP contribution >= 0.6 is 0 Å². The fraction of sp³-hybridized carbons (Fsp3) is 0.300. The van der Waals surface area contributed by atoms with Crippen molar-refractivity contribution < 1.29 is 28.6 Å². The van der Waals surface area contributed by atoms with Crippen molar-refractivity contribution in [3.63, 3.8) is 0 Å². The van der Waals surface area contributed by atoms with E-state index in [0.29, 0.717) is 5.69 Å². The average Bonchev–Trinajstić information content (AvgIpc) is 3.24.